The van der Waals surface area contributed by atoms with Crippen molar-refractivity contribution in [3.8, 4) is 0 Å². The Morgan fingerprint density at radius 2 is 2.31 bits per heavy atom. The fourth-order valence-corrected chi connectivity index (χ4v) is 0.798. The number of hydrogen-bond donors (Lipinski definition) is 2. The van der Waals surface area contributed by atoms with Gasteiger partial charge in [-0.2, -0.15) is 0 Å². The van der Waals surface area contributed by atoms with Gasteiger partial charge in [-0.05, 0) is 26.0 Å². The van der Waals surface area contributed by atoms with Crippen LogP contribution in [0.25, 0.3) is 0 Å². The molecular weight excluding hydrogens is 166 g/mol. The Hall–Kier alpha value is -1.42. The average Bonchev–Trinajstić information content (AvgIpc) is 2.08. The largest absolute Gasteiger partial charge is 0.323 e. The van der Waals surface area contributed by atoms with E-state index in [0.29, 0.717) is 5.69 Å². The lowest BCUT2D eigenvalue weighted by Gasteiger charge is -2.06. The maximum Gasteiger partial charge on any atom is 0.241 e. The monoisotopic (exact) mass is 179 g/mol. The molecule has 3 N–H and O–H groups in total. The van der Waals surface area contributed by atoms with E-state index in [-0.39, 0.29) is 5.91 Å². The van der Waals surface area contributed by atoms with E-state index in [0.717, 1.165) is 5.69 Å². The lowest BCUT2D eigenvalue weighted by Crippen LogP contribution is -2.32. The molecule has 0 aromatic carbocycles. The van der Waals surface area contributed by atoms with Crippen LogP contribution in [-0.4, -0.2) is 16.9 Å². The predicted octanol–water partition coefficient (Wildman–Crippen LogP) is 0.676. The minimum absolute atomic E-state index is 0.203. The van der Waals surface area contributed by atoms with Gasteiger partial charge in [0.2, 0.25) is 5.91 Å². The number of aryl methyl sites for hydroxylation is 1. The van der Waals surface area contributed by atoms with Crippen molar-refractivity contribution in [1.82, 2.24) is 4.98 Å². The van der Waals surface area contributed by atoms with Gasteiger partial charge in [-0.1, -0.05) is 0 Å². The molecule has 4 heteroatoms. The second-order valence-electron chi connectivity index (χ2n) is 2.97. The number of anilines is 1. The SMILES string of the molecule is Cc1ccc(NC(=O)[C@H](C)N)cn1. The molecule has 0 aliphatic carbocycles. The van der Waals surface area contributed by atoms with Crippen molar-refractivity contribution in [3.63, 3.8) is 0 Å². The molecule has 1 atom stereocenters. The topological polar surface area (TPSA) is 68.0 Å². The molecule has 1 rings (SSSR count). The number of carbonyl (C=O) groups excluding carboxylic acids is 1. The highest BCUT2D eigenvalue weighted by Crippen LogP contribution is 2.05. The van der Waals surface area contributed by atoms with E-state index in [2.05, 4.69) is 10.3 Å². The predicted molar refractivity (Wildman–Crippen MR) is 51.3 cm³/mol. The minimum Gasteiger partial charge on any atom is -0.323 e. The van der Waals surface area contributed by atoms with E-state index in [1.807, 2.05) is 13.0 Å². The summed E-state index contributed by atoms with van der Waals surface area (Å²) in [6, 6.07) is 3.13. The molecule has 0 unspecified atom stereocenters. The number of nitrogens with zero attached hydrogens (tertiary/aromatic N) is 1. The Morgan fingerprint density at radius 3 is 2.77 bits per heavy atom. The highest BCUT2D eigenvalue weighted by atomic mass is 16.2. The smallest absolute Gasteiger partial charge is 0.241 e. The van der Waals surface area contributed by atoms with E-state index < -0.39 is 6.04 Å². The van der Waals surface area contributed by atoms with Crippen LogP contribution in [-0.2, 0) is 4.79 Å². The fourth-order valence-electron chi connectivity index (χ4n) is 0.798. The summed E-state index contributed by atoms with van der Waals surface area (Å²) in [5, 5.41) is 2.64. The molecule has 0 aliphatic rings. The van der Waals surface area contributed by atoms with Crippen molar-refractivity contribution in [2.45, 2.75) is 19.9 Å². The number of nitrogens with one attached hydrogen (secondary N) is 1. The number of nitrogens with two attached hydrogens (primary N) is 1. The molecule has 0 aliphatic heterocycles. The molecule has 0 saturated carbocycles. The third-order valence-electron chi connectivity index (χ3n) is 1.59. The highest BCUT2D eigenvalue weighted by molar-refractivity contribution is 5.94. The lowest BCUT2D eigenvalue weighted by molar-refractivity contribution is -0.117. The highest BCUT2D eigenvalue weighted by Gasteiger charge is 2.06. The molecule has 1 aromatic rings. The van der Waals surface area contributed by atoms with E-state index in [1.54, 1.807) is 19.2 Å². The summed E-state index contributed by atoms with van der Waals surface area (Å²) in [7, 11) is 0. The quantitative estimate of drug-likeness (QED) is 0.701. The van der Waals surface area contributed by atoms with E-state index in [4.69, 9.17) is 5.73 Å². The standard InChI is InChI=1S/C9H13N3O/c1-6-3-4-8(5-11-6)12-9(13)7(2)10/h3-5,7H,10H2,1-2H3,(H,12,13)/t7-/m0/s1. The van der Waals surface area contributed by atoms with Gasteiger partial charge in [0, 0.05) is 5.69 Å². The van der Waals surface area contributed by atoms with Crippen LogP contribution in [0.2, 0.25) is 0 Å². The molecule has 4 nitrogen and oxygen atoms in total. The van der Waals surface area contributed by atoms with Crippen molar-refractivity contribution in [1.29, 1.82) is 0 Å². The van der Waals surface area contributed by atoms with Crippen LogP contribution in [0.15, 0.2) is 18.3 Å². The zero-order valence-corrected chi connectivity index (χ0v) is 7.74. The number of hydrogen-bond acceptors (Lipinski definition) is 3. The molecule has 0 spiro atoms. The third kappa shape index (κ3) is 2.83. The van der Waals surface area contributed by atoms with Crippen molar-refractivity contribution in [3.05, 3.63) is 24.0 Å². The first-order chi connectivity index (χ1) is 6.09. The normalized spacial score (nSPS) is 12.2. The summed E-state index contributed by atoms with van der Waals surface area (Å²) in [6.07, 6.45) is 1.61. The van der Waals surface area contributed by atoms with Gasteiger partial charge in [0.15, 0.2) is 0 Å². The van der Waals surface area contributed by atoms with Crippen molar-refractivity contribution in [2.24, 2.45) is 5.73 Å². The Bertz CT molecular complexity index is 292. The minimum atomic E-state index is -0.499. The molecule has 0 saturated heterocycles. The zero-order valence-electron chi connectivity index (χ0n) is 7.74. The Labute approximate surface area is 77.2 Å². The van der Waals surface area contributed by atoms with E-state index in [9.17, 15) is 4.79 Å². The number of pyridine rings is 1. The van der Waals surface area contributed by atoms with Gasteiger partial charge in [-0.3, -0.25) is 9.78 Å². The van der Waals surface area contributed by atoms with Gasteiger partial charge in [0.1, 0.15) is 0 Å². The summed E-state index contributed by atoms with van der Waals surface area (Å²) in [5.41, 5.74) is 6.97. The average molecular weight is 179 g/mol. The number of carbonyl (C=O) groups is 1. The molecule has 1 amide bonds. The molecular formula is C9H13N3O. The maximum atomic E-state index is 11.1. The van der Waals surface area contributed by atoms with Crippen molar-refractivity contribution in [2.75, 3.05) is 5.32 Å². The van der Waals surface area contributed by atoms with Gasteiger partial charge < -0.3 is 11.1 Å². The van der Waals surface area contributed by atoms with E-state index >= 15 is 0 Å². The molecule has 1 aromatic heterocycles. The first-order valence-electron chi connectivity index (χ1n) is 4.08. The molecule has 0 bridgehead atoms. The van der Waals surface area contributed by atoms with Gasteiger partial charge in [0.25, 0.3) is 0 Å². The Morgan fingerprint density at radius 1 is 1.62 bits per heavy atom. The number of rotatable bonds is 2. The van der Waals surface area contributed by atoms with Crippen LogP contribution in [0.3, 0.4) is 0 Å². The summed E-state index contributed by atoms with van der Waals surface area (Å²) in [6.45, 7) is 3.52. The van der Waals surface area contributed by atoms with Gasteiger partial charge in [-0.15, -0.1) is 0 Å². The molecule has 1 heterocycles. The lowest BCUT2D eigenvalue weighted by atomic mass is 10.3. The summed E-state index contributed by atoms with van der Waals surface area (Å²) in [4.78, 5) is 15.2. The van der Waals surface area contributed by atoms with Crippen LogP contribution >= 0.6 is 0 Å². The summed E-state index contributed by atoms with van der Waals surface area (Å²) >= 11 is 0. The molecule has 0 radical (unpaired) electrons. The van der Waals surface area contributed by atoms with Crippen LogP contribution in [0.1, 0.15) is 12.6 Å². The first kappa shape index (κ1) is 9.67. The summed E-state index contributed by atoms with van der Waals surface area (Å²) < 4.78 is 0. The molecule has 70 valence electrons. The third-order valence-corrected chi connectivity index (χ3v) is 1.59. The fraction of sp³-hybridized carbons (Fsp3) is 0.333. The van der Waals surface area contributed by atoms with Crippen molar-refractivity contribution >= 4 is 11.6 Å². The molecule has 13 heavy (non-hydrogen) atoms. The van der Waals surface area contributed by atoms with Gasteiger partial charge in [-0.25, -0.2) is 0 Å². The Balaban J connectivity index is 2.65. The van der Waals surface area contributed by atoms with Crippen LogP contribution in [0.4, 0.5) is 5.69 Å². The number of aromatic nitrogens is 1. The second-order valence-corrected chi connectivity index (χ2v) is 2.97. The van der Waals surface area contributed by atoms with Crippen LogP contribution in [0, 0.1) is 6.92 Å². The second kappa shape index (κ2) is 4.00. The van der Waals surface area contributed by atoms with Crippen LogP contribution in [0.5, 0.6) is 0 Å². The van der Waals surface area contributed by atoms with E-state index in [1.165, 1.54) is 0 Å². The van der Waals surface area contributed by atoms with Gasteiger partial charge in [0.05, 0.1) is 17.9 Å². The Kier molecular flexibility index (Phi) is 2.97. The summed E-state index contributed by atoms with van der Waals surface area (Å²) in [5.74, 6) is -0.203. The van der Waals surface area contributed by atoms with Crippen molar-refractivity contribution < 1.29 is 4.79 Å². The molecule has 0 fully saturated rings. The van der Waals surface area contributed by atoms with Crippen LogP contribution < -0.4 is 11.1 Å². The zero-order chi connectivity index (χ0) is 9.84. The van der Waals surface area contributed by atoms with Gasteiger partial charge >= 0.3 is 0 Å². The first-order valence-corrected chi connectivity index (χ1v) is 4.08. The maximum absolute atomic E-state index is 11.1. The number of amides is 1.